The first-order valence-electron chi connectivity index (χ1n) is 6.68. The molecule has 0 saturated heterocycles. The third-order valence-corrected chi connectivity index (χ3v) is 4.36. The van der Waals surface area contributed by atoms with Crippen LogP contribution in [0.4, 0.5) is 5.82 Å². The van der Waals surface area contributed by atoms with E-state index in [1.54, 1.807) is 24.0 Å². The van der Waals surface area contributed by atoms with Gasteiger partial charge in [-0.1, -0.05) is 28.1 Å². The Morgan fingerprint density at radius 1 is 1.36 bits per heavy atom. The number of hydrogen-bond acceptors (Lipinski definition) is 4. The summed E-state index contributed by atoms with van der Waals surface area (Å²) in [6, 6.07) is 8.13. The van der Waals surface area contributed by atoms with Gasteiger partial charge in [0.2, 0.25) is 0 Å². The fraction of sp³-hybridized carbons (Fsp3) is 0.200. The summed E-state index contributed by atoms with van der Waals surface area (Å²) in [4.78, 5) is 4.44. The second-order valence-electron chi connectivity index (χ2n) is 4.77. The van der Waals surface area contributed by atoms with Gasteiger partial charge in [-0.2, -0.15) is 5.10 Å². The van der Waals surface area contributed by atoms with Gasteiger partial charge in [-0.25, -0.2) is 9.50 Å². The first-order valence-corrected chi connectivity index (χ1v) is 8.26. The third-order valence-electron chi connectivity index (χ3n) is 3.28. The van der Waals surface area contributed by atoms with Crippen molar-refractivity contribution in [2.24, 2.45) is 0 Å². The van der Waals surface area contributed by atoms with E-state index >= 15 is 0 Å². The monoisotopic (exact) mass is 424 g/mol. The van der Waals surface area contributed by atoms with Crippen LogP contribution in [0.2, 0.25) is 0 Å². The standard InChI is InChI=1S/C15H14Br2N4O/c1-22-9-13(10-3-2-4-11(16)7-10)20-15-14-12(17)8-19-21(14)6-5-18-15/h2-8,13H,9H2,1H3,(H,18,20). The van der Waals surface area contributed by atoms with Gasteiger partial charge in [-0.05, 0) is 33.6 Å². The van der Waals surface area contributed by atoms with Crippen LogP contribution in [0.1, 0.15) is 11.6 Å². The minimum Gasteiger partial charge on any atom is -0.382 e. The molecule has 1 N–H and O–H groups in total. The molecule has 0 spiro atoms. The first kappa shape index (κ1) is 15.5. The Balaban J connectivity index is 1.98. The van der Waals surface area contributed by atoms with Crippen LogP contribution in [-0.2, 0) is 4.74 Å². The molecule has 0 aliphatic rings. The Kier molecular flexibility index (Phi) is 4.75. The molecule has 114 valence electrons. The highest BCUT2D eigenvalue weighted by Crippen LogP contribution is 2.27. The Hall–Kier alpha value is -1.44. The second-order valence-corrected chi connectivity index (χ2v) is 6.54. The van der Waals surface area contributed by atoms with Crippen molar-refractivity contribution < 1.29 is 4.74 Å². The molecule has 1 atom stereocenters. The molecule has 1 unspecified atom stereocenters. The number of hydrogen-bond donors (Lipinski definition) is 1. The van der Waals surface area contributed by atoms with E-state index in [4.69, 9.17) is 4.74 Å². The van der Waals surface area contributed by atoms with Gasteiger partial charge in [0.15, 0.2) is 5.82 Å². The summed E-state index contributed by atoms with van der Waals surface area (Å²) in [7, 11) is 1.69. The lowest BCUT2D eigenvalue weighted by atomic mass is 10.1. The highest BCUT2D eigenvalue weighted by molar-refractivity contribution is 9.11. The SMILES string of the molecule is COCC(Nc1nccn2ncc(Br)c12)c1cccc(Br)c1. The molecule has 0 aliphatic carbocycles. The van der Waals surface area contributed by atoms with Crippen molar-refractivity contribution in [1.29, 1.82) is 0 Å². The van der Waals surface area contributed by atoms with Crippen molar-refractivity contribution in [3.8, 4) is 0 Å². The van der Waals surface area contributed by atoms with E-state index in [9.17, 15) is 0 Å². The van der Waals surface area contributed by atoms with Gasteiger partial charge < -0.3 is 10.1 Å². The molecular formula is C15H14Br2N4O. The molecule has 0 bridgehead atoms. The van der Waals surface area contributed by atoms with E-state index in [1.165, 1.54) is 0 Å². The van der Waals surface area contributed by atoms with Crippen LogP contribution in [0, 0.1) is 0 Å². The normalized spacial score (nSPS) is 12.5. The molecule has 1 aromatic carbocycles. The van der Waals surface area contributed by atoms with E-state index in [0.717, 1.165) is 25.8 Å². The second kappa shape index (κ2) is 6.76. The maximum absolute atomic E-state index is 5.35. The predicted octanol–water partition coefficient (Wildman–Crippen LogP) is 4.05. The fourth-order valence-corrected chi connectivity index (χ4v) is 3.17. The average Bonchev–Trinajstić information content (AvgIpc) is 2.89. The minimum absolute atomic E-state index is 0.0111. The summed E-state index contributed by atoms with van der Waals surface area (Å²) in [6.07, 6.45) is 5.29. The Morgan fingerprint density at radius 3 is 3.00 bits per heavy atom. The maximum atomic E-state index is 5.35. The van der Waals surface area contributed by atoms with Gasteiger partial charge in [0.1, 0.15) is 5.52 Å². The van der Waals surface area contributed by atoms with E-state index in [-0.39, 0.29) is 6.04 Å². The number of halogens is 2. The number of benzene rings is 1. The van der Waals surface area contributed by atoms with Crippen LogP contribution in [0.15, 0.2) is 51.8 Å². The quantitative estimate of drug-likeness (QED) is 0.669. The van der Waals surface area contributed by atoms with Crippen LogP contribution in [-0.4, -0.2) is 28.3 Å². The zero-order chi connectivity index (χ0) is 15.5. The highest BCUT2D eigenvalue weighted by atomic mass is 79.9. The predicted molar refractivity (Wildman–Crippen MR) is 93.1 cm³/mol. The summed E-state index contributed by atoms with van der Waals surface area (Å²) < 4.78 is 9.07. The third kappa shape index (κ3) is 3.16. The van der Waals surface area contributed by atoms with Gasteiger partial charge >= 0.3 is 0 Å². The van der Waals surface area contributed by atoms with Crippen LogP contribution in [0.25, 0.3) is 5.52 Å². The number of ether oxygens (including phenoxy) is 1. The first-order chi connectivity index (χ1) is 10.7. The molecule has 3 aromatic rings. The van der Waals surface area contributed by atoms with Crippen LogP contribution >= 0.6 is 31.9 Å². The minimum atomic E-state index is -0.0111. The highest BCUT2D eigenvalue weighted by Gasteiger charge is 2.16. The largest absolute Gasteiger partial charge is 0.382 e. The number of fused-ring (bicyclic) bond motifs is 1. The van der Waals surface area contributed by atoms with Crippen LogP contribution in [0.5, 0.6) is 0 Å². The van der Waals surface area contributed by atoms with Gasteiger partial charge in [-0.3, -0.25) is 0 Å². The Bertz CT molecular complexity index is 790. The van der Waals surface area contributed by atoms with Gasteiger partial charge in [0, 0.05) is 24.0 Å². The Labute approximate surface area is 145 Å². The molecule has 5 nitrogen and oxygen atoms in total. The van der Waals surface area contributed by atoms with Crippen molar-refractivity contribution in [3.05, 3.63) is 57.4 Å². The molecule has 0 fully saturated rings. The summed E-state index contributed by atoms with van der Waals surface area (Å²) in [5.74, 6) is 0.758. The number of anilines is 1. The molecule has 22 heavy (non-hydrogen) atoms. The number of rotatable bonds is 5. The summed E-state index contributed by atoms with van der Waals surface area (Å²) in [5, 5.41) is 7.72. The molecule has 0 amide bonds. The van der Waals surface area contributed by atoms with Crippen molar-refractivity contribution in [1.82, 2.24) is 14.6 Å². The van der Waals surface area contributed by atoms with Crippen molar-refractivity contribution >= 4 is 43.2 Å². The molecule has 0 radical (unpaired) electrons. The van der Waals surface area contributed by atoms with Crippen molar-refractivity contribution in [2.45, 2.75) is 6.04 Å². The van der Waals surface area contributed by atoms with E-state index in [1.807, 2.05) is 18.3 Å². The average molecular weight is 426 g/mol. The van der Waals surface area contributed by atoms with Crippen molar-refractivity contribution in [2.75, 3.05) is 19.0 Å². The number of aromatic nitrogens is 3. The number of nitrogens with one attached hydrogen (secondary N) is 1. The lowest BCUT2D eigenvalue weighted by Crippen LogP contribution is -2.17. The van der Waals surface area contributed by atoms with E-state index in [2.05, 4.69) is 59.4 Å². The van der Waals surface area contributed by atoms with Crippen molar-refractivity contribution in [3.63, 3.8) is 0 Å². The molecular weight excluding hydrogens is 412 g/mol. The molecule has 2 heterocycles. The lowest BCUT2D eigenvalue weighted by molar-refractivity contribution is 0.186. The van der Waals surface area contributed by atoms with Crippen LogP contribution < -0.4 is 5.32 Å². The van der Waals surface area contributed by atoms with E-state index < -0.39 is 0 Å². The smallest absolute Gasteiger partial charge is 0.153 e. The maximum Gasteiger partial charge on any atom is 0.153 e. The molecule has 7 heteroatoms. The fourth-order valence-electron chi connectivity index (χ4n) is 2.29. The summed E-state index contributed by atoms with van der Waals surface area (Å²) >= 11 is 7.02. The van der Waals surface area contributed by atoms with E-state index in [0.29, 0.717) is 6.61 Å². The zero-order valence-electron chi connectivity index (χ0n) is 11.8. The van der Waals surface area contributed by atoms with Gasteiger partial charge in [0.25, 0.3) is 0 Å². The number of nitrogens with zero attached hydrogens (tertiary/aromatic N) is 3. The summed E-state index contributed by atoms with van der Waals surface area (Å²) in [5.41, 5.74) is 2.02. The van der Waals surface area contributed by atoms with Gasteiger partial charge in [0.05, 0.1) is 23.3 Å². The lowest BCUT2D eigenvalue weighted by Gasteiger charge is -2.19. The Morgan fingerprint density at radius 2 is 2.23 bits per heavy atom. The molecule has 0 saturated carbocycles. The molecule has 0 aliphatic heterocycles. The topological polar surface area (TPSA) is 51.5 Å². The molecule has 2 aromatic heterocycles. The number of methoxy groups -OCH3 is 1. The summed E-state index contributed by atoms with van der Waals surface area (Å²) in [6.45, 7) is 0.533. The zero-order valence-corrected chi connectivity index (χ0v) is 15.0. The van der Waals surface area contributed by atoms with Crippen LogP contribution in [0.3, 0.4) is 0 Å². The molecule has 3 rings (SSSR count). The van der Waals surface area contributed by atoms with Gasteiger partial charge in [-0.15, -0.1) is 0 Å².